The first-order valence-electron chi connectivity index (χ1n) is 8.28. The van der Waals surface area contributed by atoms with Gasteiger partial charge in [0.25, 0.3) is 0 Å². The molecule has 142 valence electrons. The van der Waals surface area contributed by atoms with Crippen molar-refractivity contribution < 1.29 is 13.5 Å². The predicted octanol–water partition coefficient (Wildman–Crippen LogP) is 5.12. The maximum absolute atomic E-state index is 12.2. The standard InChI is InChI=1S/C19H14ClF2N5O/c1-11-24-15-7-2-12(20)8-16(15)27(11)18-10-23-9-17(26-18)25-13-3-5-14(6-4-13)28-19(21)22/h2-10,19H,1H3,(H,25,26). The zero-order valence-electron chi connectivity index (χ0n) is 14.6. The molecule has 6 nitrogen and oxygen atoms in total. The van der Waals surface area contributed by atoms with Gasteiger partial charge < -0.3 is 10.1 Å². The summed E-state index contributed by atoms with van der Waals surface area (Å²) in [6.45, 7) is -0.986. The lowest BCUT2D eigenvalue weighted by Gasteiger charge is -2.10. The Labute approximate surface area is 163 Å². The number of halogens is 3. The van der Waals surface area contributed by atoms with Gasteiger partial charge in [0.15, 0.2) is 11.6 Å². The second-order valence-electron chi connectivity index (χ2n) is 5.92. The van der Waals surface area contributed by atoms with Gasteiger partial charge in [-0.2, -0.15) is 8.78 Å². The zero-order valence-corrected chi connectivity index (χ0v) is 15.4. The van der Waals surface area contributed by atoms with Gasteiger partial charge in [0.1, 0.15) is 11.6 Å². The van der Waals surface area contributed by atoms with Gasteiger partial charge in [0.2, 0.25) is 0 Å². The van der Waals surface area contributed by atoms with Crippen LogP contribution in [0, 0.1) is 6.92 Å². The quantitative estimate of drug-likeness (QED) is 0.502. The van der Waals surface area contributed by atoms with Crippen molar-refractivity contribution in [3.8, 4) is 11.6 Å². The number of rotatable bonds is 5. The summed E-state index contributed by atoms with van der Waals surface area (Å²) in [6, 6.07) is 11.6. The minimum atomic E-state index is -2.86. The van der Waals surface area contributed by atoms with Gasteiger partial charge in [-0.1, -0.05) is 11.6 Å². The van der Waals surface area contributed by atoms with Gasteiger partial charge in [-0.25, -0.2) is 9.97 Å². The summed E-state index contributed by atoms with van der Waals surface area (Å²) in [5, 5.41) is 3.69. The lowest BCUT2D eigenvalue weighted by atomic mass is 10.3. The van der Waals surface area contributed by atoms with Crippen LogP contribution in [0.4, 0.5) is 20.3 Å². The van der Waals surface area contributed by atoms with Gasteiger partial charge in [-0.15, -0.1) is 0 Å². The number of hydrogen-bond acceptors (Lipinski definition) is 5. The monoisotopic (exact) mass is 401 g/mol. The molecule has 0 fully saturated rings. The summed E-state index contributed by atoms with van der Waals surface area (Å²) >= 11 is 6.12. The maximum Gasteiger partial charge on any atom is 0.387 e. The van der Waals surface area contributed by atoms with E-state index >= 15 is 0 Å². The van der Waals surface area contributed by atoms with Crippen molar-refractivity contribution in [1.82, 2.24) is 19.5 Å². The molecule has 2 aromatic carbocycles. The van der Waals surface area contributed by atoms with E-state index in [0.717, 1.165) is 16.9 Å². The van der Waals surface area contributed by atoms with E-state index < -0.39 is 6.61 Å². The van der Waals surface area contributed by atoms with Crippen LogP contribution in [-0.4, -0.2) is 26.1 Å². The number of aromatic nitrogens is 4. The summed E-state index contributed by atoms with van der Waals surface area (Å²) in [5.74, 6) is 1.89. The highest BCUT2D eigenvalue weighted by Gasteiger charge is 2.12. The average molecular weight is 402 g/mol. The fraction of sp³-hybridized carbons (Fsp3) is 0.105. The molecule has 0 aliphatic carbocycles. The number of hydrogen-bond donors (Lipinski definition) is 1. The minimum absolute atomic E-state index is 0.0813. The molecule has 2 aromatic heterocycles. The summed E-state index contributed by atoms with van der Waals surface area (Å²) < 4.78 is 30.7. The Balaban J connectivity index is 1.64. The maximum atomic E-state index is 12.2. The van der Waals surface area contributed by atoms with E-state index in [2.05, 4.69) is 25.0 Å². The molecule has 0 saturated heterocycles. The molecule has 0 bridgehead atoms. The molecule has 4 rings (SSSR count). The van der Waals surface area contributed by atoms with E-state index in [0.29, 0.717) is 22.3 Å². The lowest BCUT2D eigenvalue weighted by molar-refractivity contribution is -0.0498. The zero-order chi connectivity index (χ0) is 19.7. The van der Waals surface area contributed by atoms with Gasteiger partial charge in [-0.3, -0.25) is 9.55 Å². The fourth-order valence-electron chi connectivity index (χ4n) is 2.85. The molecule has 0 amide bonds. The number of alkyl halides is 2. The molecule has 28 heavy (non-hydrogen) atoms. The van der Waals surface area contributed by atoms with Crippen molar-refractivity contribution in [3.63, 3.8) is 0 Å². The summed E-state index contributed by atoms with van der Waals surface area (Å²) in [7, 11) is 0. The third-order valence-electron chi connectivity index (χ3n) is 3.99. The third-order valence-corrected chi connectivity index (χ3v) is 4.22. The molecule has 0 aliphatic rings. The summed E-state index contributed by atoms with van der Waals surface area (Å²) in [5.41, 5.74) is 2.28. The Morgan fingerprint density at radius 3 is 2.61 bits per heavy atom. The molecule has 0 unspecified atom stereocenters. The third kappa shape index (κ3) is 3.72. The van der Waals surface area contributed by atoms with Crippen molar-refractivity contribution in [2.24, 2.45) is 0 Å². The van der Waals surface area contributed by atoms with E-state index in [4.69, 9.17) is 11.6 Å². The lowest BCUT2D eigenvalue weighted by Crippen LogP contribution is -2.04. The van der Waals surface area contributed by atoms with Crippen molar-refractivity contribution >= 4 is 34.1 Å². The van der Waals surface area contributed by atoms with E-state index in [1.165, 1.54) is 12.1 Å². The molecule has 4 aromatic rings. The van der Waals surface area contributed by atoms with Gasteiger partial charge >= 0.3 is 6.61 Å². The number of anilines is 2. The van der Waals surface area contributed by atoms with Crippen LogP contribution in [0.5, 0.6) is 5.75 Å². The summed E-state index contributed by atoms with van der Waals surface area (Å²) in [4.78, 5) is 13.3. The molecule has 0 saturated carbocycles. The normalized spacial score (nSPS) is 11.2. The number of nitrogens with zero attached hydrogens (tertiary/aromatic N) is 4. The van der Waals surface area contributed by atoms with Crippen molar-refractivity contribution in [1.29, 1.82) is 0 Å². The SMILES string of the molecule is Cc1nc2ccc(Cl)cc2n1-c1cncc(Nc2ccc(OC(F)F)cc2)n1. The minimum Gasteiger partial charge on any atom is -0.435 e. The molecule has 2 heterocycles. The molecular formula is C19H14ClF2N5O. The number of benzene rings is 2. The average Bonchev–Trinajstić information content (AvgIpc) is 2.98. The van der Waals surface area contributed by atoms with Crippen LogP contribution < -0.4 is 10.1 Å². The second kappa shape index (κ2) is 7.40. The van der Waals surface area contributed by atoms with Crippen LogP contribution >= 0.6 is 11.6 Å². The van der Waals surface area contributed by atoms with E-state index in [-0.39, 0.29) is 5.75 Å². The Kier molecular flexibility index (Phi) is 4.79. The van der Waals surface area contributed by atoms with Gasteiger partial charge in [-0.05, 0) is 49.4 Å². The molecule has 0 radical (unpaired) electrons. The van der Waals surface area contributed by atoms with Gasteiger partial charge in [0.05, 0.1) is 23.4 Å². The van der Waals surface area contributed by atoms with Crippen LogP contribution in [0.2, 0.25) is 5.02 Å². The largest absolute Gasteiger partial charge is 0.435 e. The molecule has 0 spiro atoms. The summed E-state index contributed by atoms with van der Waals surface area (Å²) in [6.07, 6.45) is 3.19. The van der Waals surface area contributed by atoms with Gasteiger partial charge in [0, 0.05) is 10.7 Å². The number of imidazole rings is 1. The number of ether oxygens (including phenoxy) is 1. The van der Waals surface area contributed by atoms with Crippen molar-refractivity contribution in [2.75, 3.05) is 5.32 Å². The smallest absolute Gasteiger partial charge is 0.387 e. The van der Waals surface area contributed by atoms with Crippen LogP contribution in [0.25, 0.3) is 16.9 Å². The van der Waals surface area contributed by atoms with Crippen LogP contribution in [0.15, 0.2) is 54.9 Å². The van der Waals surface area contributed by atoms with E-state index in [9.17, 15) is 8.78 Å². The van der Waals surface area contributed by atoms with Crippen LogP contribution in [0.1, 0.15) is 5.82 Å². The first kappa shape index (κ1) is 18.1. The Hall–Kier alpha value is -3.26. The molecule has 0 atom stereocenters. The fourth-order valence-corrected chi connectivity index (χ4v) is 3.02. The van der Waals surface area contributed by atoms with Crippen LogP contribution in [0.3, 0.4) is 0 Å². The number of fused-ring (bicyclic) bond motifs is 1. The van der Waals surface area contributed by atoms with E-state index in [1.54, 1.807) is 30.6 Å². The number of aryl methyl sites for hydroxylation is 1. The second-order valence-corrected chi connectivity index (χ2v) is 6.35. The number of nitrogens with one attached hydrogen (secondary N) is 1. The first-order chi connectivity index (χ1) is 13.5. The predicted molar refractivity (Wildman–Crippen MR) is 103 cm³/mol. The van der Waals surface area contributed by atoms with Crippen molar-refractivity contribution in [2.45, 2.75) is 13.5 Å². The highest BCUT2D eigenvalue weighted by atomic mass is 35.5. The Morgan fingerprint density at radius 1 is 1.07 bits per heavy atom. The van der Waals surface area contributed by atoms with Crippen LogP contribution in [-0.2, 0) is 0 Å². The first-order valence-corrected chi connectivity index (χ1v) is 8.66. The highest BCUT2D eigenvalue weighted by molar-refractivity contribution is 6.31. The Bertz CT molecular complexity index is 1130. The Morgan fingerprint density at radius 2 is 1.86 bits per heavy atom. The van der Waals surface area contributed by atoms with E-state index in [1.807, 2.05) is 23.6 Å². The molecule has 0 aliphatic heterocycles. The molecule has 9 heteroatoms. The topological polar surface area (TPSA) is 64.9 Å². The molecule has 1 N–H and O–H groups in total. The molecular weight excluding hydrogens is 388 g/mol. The highest BCUT2D eigenvalue weighted by Crippen LogP contribution is 2.25. The van der Waals surface area contributed by atoms with Crippen molar-refractivity contribution in [3.05, 3.63) is 65.7 Å².